The van der Waals surface area contributed by atoms with Crippen LogP contribution in [0, 0.1) is 13.8 Å². The first-order chi connectivity index (χ1) is 9.94. The third kappa shape index (κ3) is 3.96. The van der Waals surface area contributed by atoms with Gasteiger partial charge in [-0.25, -0.2) is 13.1 Å². The summed E-state index contributed by atoms with van der Waals surface area (Å²) in [5.74, 6) is 5.40. The van der Waals surface area contributed by atoms with E-state index in [4.69, 9.17) is 5.84 Å². The average Bonchev–Trinajstić information content (AvgIpc) is 2.65. The van der Waals surface area contributed by atoms with Crippen molar-refractivity contribution in [2.75, 3.05) is 5.43 Å². The molecule has 0 atom stereocenters. The van der Waals surface area contributed by atoms with Crippen LogP contribution in [0.4, 0.5) is 5.69 Å². The highest BCUT2D eigenvalue weighted by Gasteiger charge is 2.24. The van der Waals surface area contributed by atoms with Crippen molar-refractivity contribution in [3.05, 3.63) is 23.3 Å². The second-order valence-electron chi connectivity index (χ2n) is 5.89. The number of anilines is 1. The molecule has 0 aromatic heterocycles. The summed E-state index contributed by atoms with van der Waals surface area (Å²) in [4.78, 5) is 0.380. The minimum absolute atomic E-state index is 0.0589. The second kappa shape index (κ2) is 6.77. The molecule has 0 unspecified atom stereocenters. The predicted molar refractivity (Wildman–Crippen MR) is 85.5 cm³/mol. The van der Waals surface area contributed by atoms with Crippen LogP contribution in [-0.4, -0.2) is 14.5 Å². The van der Waals surface area contributed by atoms with Gasteiger partial charge in [-0.05, 0) is 49.9 Å². The molecule has 0 heterocycles. The maximum atomic E-state index is 12.7. The molecule has 1 aliphatic rings. The molecule has 0 aliphatic heterocycles. The summed E-state index contributed by atoms with van der Waals surface area (Å²) < 4.78 is 28.3. The van der Waals surface area contributed by atoms with Crippen molar-refractivity contribution in [1.29, 1.82) is 0 Å². The number of aryl methyl sites for hydroxylation is 2. The molecule has 0 radical (unpaired) electrons. The molecule has 0 bridgehead atoms. The quantitative estimate of drug-likeness (QED) is 0.453. The summed E-state index contributed by atoms with van der Waals surface area (Å²) in [6.45, 7) is 3.60. The van der Waals surface area contributed by atoms with Gasteiger partial charge in [0.15, 0.2) is 0 Å². The average molecular weight is 311 g/mol. The number of nitrogens with one attached hydrogen (secondary N) is 2. The zero-order valence-electron chi connectivity index (χ0n) is 12.8. The van der Waals surface area contributed by atoms with E-state index in [2.05, 4.69) is 10.1 Å². The molecule has 1 aliphatic carbocycles. The Hall–Kier alpha value is -1.11. The fourth-order valence-corrected chi connectivity index (χ4v) is 4.89. The Morgan fingerprint density at radius 2 is 1.57 bits per heavy atom. The zero-order valence-corrected chi connectivity index (χ0v) is 13.6. The number of hydrogen-bond donors (Lipinski definition) is 3. The smallest absolute Gasteiger partial charge is 0.241 e. The van der Waals surface area contributed by atoms with Gasteiger partial charge in [-0.15, -0.1) is 0 Å². The lowest BCUT2D eigenvalue weighted by molar-refractivity contribution is 0.509. The number of sulfonamides is 1. The minimum atomic E-state index is -3.48. The van der Waals surface area contributed by atoms with E-state index >= 15 is 0 Å². The van der Waals surface area contributed by atoms with Crippen molar-refractivity contribution in [2.24, 2.45) is 5.84 Å². The molecule has 1 saturated carbocycles. The van der Waals surface area contributed by atoms with E-state index in [0.717, 1.165) is 31.4 Å². The standard InChI is InChI=1S/C15H25N3O2S/c1-11-9-14(17-16)10-12(2)15(11)21(19,20)18-13-7-5-3-4-6-8-13/h9-10,13,17-18H,3-8,16H2,1-2H3. The van der Waals surface area contributed by atoms with Gasteiger partial charge in [0.25, 0.3) is 0 Å². The van der Waals surface area contributed by atoms with Crippen LogP contribution in [0.3, 0.4) is 0 Å². The molecule has 0 saturated heterocycles. The van der Waals surface area contributed by atoms with Gasteiger partial charge in [0.2, 0.25) is 10.0 Å². The van der Waals surface area contributed by atoms with Crippen LogP contribution in [0.5, 0.6) is 0 Å². The lowest BCUT2D eigenvalue weighted by Crippen LogP contribution is -2.35. The maximum absolute atomic E-state index is 12.7. The lowest BCUT2D eigenvalue weighted by Gasteiger charge is -2.19. The Morgan fingerprint density at radius 3 is 2.05 bits per heavy atom. The van der Waals surface area contributed by atoms with Crippen molar-refractivity contribution in [3.63, 3.8) is 0 Å². The Balaban J connectivity index is 2.26. The van der Waals surface area contributed by atoms with Gasteiger partial charge in [0, 0.05) is 11.7 Å². The molecule has 0 amide bonds. The van der Waals surface area contributed by atoms with Crippen LogP contribution < -0.4 is 16.0 Å². The first-order valence-corrected chi connectivity index (χ1v) is 9.02. The molecule has 0 spiro atoms. The number of nitrogen functional groups attached to an aromatic ring is 1. The van der Waals surface area contributed by atoms with E-state index in [1.807, 2.05) is 0 Å². The summed E-state index contributed by atoms with van der Waals surface area (Å²) in [7, 11) is -3.48. The van der Waals surface area contributed by atoms with Crippen LogP contribution in [-0.2, 0) is 10.0 Å². The first-order valence-electron chi connectivity index (χ1n) is 7.54. The van der Waals surface area contributed by atoms with Crippen LogP contribution in [0.1, 0.15) is 49.7 Å². The highest BCUT2D eigenvalue weighted by molar-refractivity contribution is 7.89. The van der Waals surface area contributed by atoms with Gasteiger partial charge in [-0.3, -0.25) is 5.84 Å². The van der Waals surface area contributed by atoms with Crippen molar-refractivity contribution >= 4 is 15.7 Å². The zero-order chi connectivity index (χ0) is 15.5. The van der Waals surface area contributed by atoms with Crippen LogP contribution >= 0.6 is 0 Å². The minimum Gasteiger partial charge on any atom is -0.324 e. The molecule has 118 valence electrons. The molecule has 1 aromatic carbocycles. The monoisotopic (exact) mass is 311 g/mol. The SMILES string of the molecule is Cc1cc(NN)cc(C)c1S(=O)(=O)NC1CCCCCC1. The normalized spacial score (nSPS) is 17.5. The Morgan fingerprint density at radius 1 is 1.05 bits per heavy atom. The van der Waals surface area contributed by atoms with E-state index in [1.54, 1.807) is 26.0 Å². The first kappa shape index (κ1) is 16.3. The van der Waals surface area contributed by atoms with Crippen LogP contribution in [0.15, 0.2) is 17.0 Å². The second-order valence-corrected chi connectivity index (χ2v) is 7.54. The van der Waals surface area contributed by atoms with Gasteiger partial charge >= 0.3 is 0 Å². The molecule has 4 N–H and O–H groups in total. The number of hydrogen-bond acceptors (Lipinski definition) is 4. The van der Waals surface area contributed by atoms with Crippen molar-refractivity contribution in [3.8, 4) is 0 Å². The van der Waals surface area contributed by atoms with Crippen LogP contribution in [0.2, 0.25) is 0 Å². The molecular weight excluding hydrogens is 286 g/mol. The van der Waals surface area contributed by atoms with Crippen molar-refractivity contribution in [2.45, 2.75) is 63.3 Å². The van der Waals surface area contributed by atoms with E-state index in [1.165, 1.54) is 12.8 Å². The molecule has 6 heteroatoms. The van der Waals surface area contributed by atoms with Gasteiger partial charge in [-0.1, -0.05) is 25.7 Å². The fraction of sp³-hybridized carbons (Fsp3) is 0.600. The highest BCUT2D eigenvalue weighted by atomic mass is 32.2. The molecule has 1 fully saturated rings. The number of nitrogens with two attached hydrogens (primary N) is 1. The lowest BCUT2D eigenvalue weighted by atomic mass is 10.1. The van der Waals surface area contributed by atoms with Gasteiger partial charge in [0.1, 0.15) is 0 Å². The Labute approximate surface area is 127 Å². The van der Waals surface area contributed by atoms with E-state index in [9.17, 15) is 8.42 Å². The van der Waals surface area contributed by atoms with Crippen molar-refractivity contribution in [1.82, 2.24) is 4.72 Å². The predicted octanol–water partition coefficient (Wildman–Crippen LogP) is 2.59. The number of benzene rings is 1. The van der Waals surface area contributed by atoms with E-state index < -0.39 is 10.0 Å². The fourth-order valence-electron chi connectivity index (χ4n) is 3.13. The molecular formula is C15H25N3O2S. The van der Waals surface area contributed by atoms with Gasteiger partial charge < -0.3 is 5.43 Å². The molecule has 1 aromatic rings. The Kier molecular flexibility index (Phi) is 5.24. The highest BCUT2D eigenvalue weighted by Crippen LogP contribution is 2.26. The van der Waals surface area contributed by atoms with Crippen LogP contribution in [0.25, 0.3) is 0 Å². The van der Waals surface area contributed by atoms with E-state index in [-0.39, 0.29) is 6.04 Å². The maximum Gasteiger partial charge on any atom is 0.241 e. The molecule has 5 nitrogen and oxygen atoms in total. The summed E-state index contributed by atoms with van der Waals surface area (Å²) in [5.41, 5.74) is 4.71. The topological polar surface area (TPSA) is 84.2 Å². The van der Waals surface area contributed by atoms with Crippen molar-refractivity contribution < 1.29 is 8.42 Å². The summed E-state index contributed by atoms with van der Waals surface area (Å²) in [5, 5.41) is 0. The Bertz CT molecular complexity index is 568. The third-order valence-corrected chi connectivity index (χ3v) is 5.90. The largest absolute Gasteiger partial charge is 0.324 e. The molecule has 21 heavy (non-hydrogen) atoms. The summed E-state index contributed by atoms with van der Waals surface area (Å²) in [6.07, 6.45) is 6.46. The molecule has 2 rings (SSSR count). The third-order valence-electron chi connectivity index (χ3n) is 4.07. The number of hydrazine groups is 1. The number of rotatable bonds is 4. The van der Waals surface area contributed by atoms with Gasteiger partial charge in [-0.2, -0.15) is 0 Å². The van der Waals surface area contributed by atoms with Gasteiger partial charge in [0.05, 0.1) is 4.90 Å². The summed E-state index contributed by atoms with van der Waals surface area (Å²) >= 11 is 0. The summed E-state index contributed by atoms with van der Waals surface area (Å²) in [6, 6.07) is 3.58. The van der Waals surface area contributed by atoms with E-state index in [0.29, 0.717) is 16.0 Å².